The van der Waals surface area contributed by atoms with Crippen LogP contribution in [-0.4, -0.2) is 26.2 Å². The highest BCUT2D eigenvalue weighted by Crippen LogP contribution is 2.22. The Bertz CT molecular complexity index is 490. The van der Waals surface area contributed by atoms with E-state index in [1.165, 1.54) is 18.2 Å². The second-order valence-corrected chi connectivity index (χ2v) is 5.77. The van der Waals surface area contributed by atoms with Gasteiger partial charge in [0, 0.05) is 11.6 Å². The van der Waals surface area contributed by atoms with Gasteiger partial charge in [0.2, 0.25) is 10.0 Å². The maximum absolute atomic E-state index is 11.9. The van der Waals surface area contributed by atoms with E-state index in [0.29, 0.717) is 6.42 Å². The Morgan fingerprint density at radius 3 is 2.76 bits per heavy atom. The van der Waals surface area contributed by atoms with Crippen molar-refractivity contribution in [2.75, 3.05) is 12.3 Å². The first-order valence-electron chi connectivity index (χ1n) is 5.09. The van der Waals surface area contributed by atoms with Gasteiger partial charge in [-0.25, -0.2) is 13.1 Å². The molecule has 0 heterocycles. The number of aliphatic hydroxyl groups is 1. The monoisotopic (exact) mass is 278 g/mol. The summed E-state index contributed by atoms with van der Waals surface area (Å²) in [6.07, 6.45) is -0.252. The summed E-state index contributed by atoms with van der Waals surface area (Å²) in [5, 5.41) is 9.60. The summed E-state index contributed by atoms with van der Waals surface area (Å²) >= 11 is 5.72. The van der Waals surface area contributed by atoms with Gasteiger partial charge in [0.05, 0.1) is 11.8 Å². The molecule has 1 unspecified atom stereocenters. The van der Waals surface area contributed by atoms with Crippen molar-refractivity contribution in [3.63, 3.8) is 0 Å². The molecule has 0 spiro atoms. The third-order valence-corrected chi connectivity index (χ3v) is 3.96. The molecule has 0 saturated carbocycles. The van der Waals surface area contributed by atoms with E-state index >= 15 is 0 Å². The molecular formula is C10H15ClN2O3S. The van der Waals surface area contributed by atoms with Crippen LogP contribution < -0.4 is 10.5 Å². The molecular weight excluding hydrogens is 264 g/mol. The molecule has 96 valence electrons. The predicted octanol–water partition coefficient (Wildman–Crippen LogP) is 0.971. The van der Waals surface area contributed by atoms with Crippen molar-refractivity contribution in [1.82, 2.24) is 4.72 Å². The van der Waals surface area contributed by atoms with E-state index in [2.05, 4.69) is 4.72 Å². The third-order valence-electron chi connectivity index (χ3n) is 2.25. The topological polar surface area (TPSA) is 92.4 Å². The SMILES string of the molecule is CCC(O)CNS(=O)(=O)c1cc(Cl)ccc1N. The molecule has 1 rings (SSSR count). The highest BCUT2D eigenvalue weighted by molar-refractivity contribution is 7.89. The zero-order chi connectivity index (χ0) is 13.1. The molecule has 4 N–H and O–H groups in total. The van der Waals surface area contributed by atoms with Crippen LogP contribution in [0, 0.1) is 0 Å². The number of halogens is 1. The molecule has 7 heteroatoms. The van der Waals surface area contributed by atoms with Crippen LogP contribution in [0.4, 0.5) is 5.69 Å². The van der Waals surface area contributed by atoms with E-state index in [0.717, 1.165) is 0 Å². The number of nitrogens with one attached hydrogen (secondary N) is 1. The van der Waals surface area contributed by atoms with Crippen LogP contribution in [0.3, 0.4) is 0 Å². The summed E-state index contributed by atoms with van der Waals surface area (Å²) in [6.45, 7) is 1.71. The number of aliphatic hydroxyl groups excluding tert-OH is 1. The molecule has 0 bridgehead atoms. The summed E-state index contributed by atoms with van der Waals surface area (Å²) in [5.74, 6) is 0. The number of anilines is 1. The van der Waals surface area contributed by atoms with Crippen LogP contribution in [0.2, 0.25) is 5.02 Å². The molecule has 0 aliphatic carbocycles. The molecule has 1 aromatic carbocycles. The average molecular weight is 279 g/mol. The third kappa shape index (κ3) is 3.85. The highest BCUT2D eigenvalue weighted by Gasteiger charge is 2.18. The van der Waals surface area contributed by atoms with Crippen molar-refractivity contribution in [1.29, 1.82) is 0 Å². The van der Waals surface area contributed by atoms with E-state index < -0.39 is 16.1 Å². The summed E-state index contributed by atoms with van der Waals surface area (Å²) in [5.41, 5.74) is 5.69. The van der Waals surface area contributed by atoms with Crippen molar-refractivity contribution >= 4 is 27.3 Å². The predicted molar refractivity (Wildman–Crippen MR) is 67.4 cm³/mol. The van der Waals surface area contributed by atoms with Gasteiger partial charge in [-0.2, -0.15) is 0 Å². The van der Waals surface area contributed by atoms with Gasteiger partial charge in [-0.15, -0.1) is 0 Å². The fraction of sp³-hybridized carbons (Fsp3) is 0.400. The van der Waals surface area contributed by atoms with Crippen LogP contribution in [0.5, 0.6) is 0 Å². The Kier molecular flexibility index (Phi) is 4.76. The Morgan fingerprint density at radius 2 is 2.18 bits per heavy atom. The molecule has 5 nitrogen and oxygen atoms in total. The quantitative estimate of drug-likeness (QED) is 0.700. The fourth-order valence-corrected chi connectivity index (χ4v) is 2.63. The summed E-state index contributed by atoms with van der Waals surface area (Å²) < 4.78 is 26.0. The molecule has 0 fully saturated rings. The minimum absolute atomic E-state index is 0.0508. The summed E-state index contributed by atoms with van der Waals surface area (Å²) in [6, 6.07) is 4.21. The van der Waals surface area contributed by atoms with E-state index in [-0.39, 0.29) is 22.2 Å². The Morgan fingerprint density at radius 1 is 1.53 bits per heavy atom. The van der Waals surface area contributed by atoms with Crippen molar-refractivity contribution in [2.45, 2.75) is 24.3 Å². The van der Waals surface area contributed by atoms with Gasteiger partial charge in [-0.3, -0.25) is 0 Å². The molecule has 0 amide bonds. The minimum atomic E-state index is -3.74. The number of hydrogen-bond donors (Lipinski definition) is 3. The minimum Gasteiger partial charge on any atom is -0.398 e. The number of nitrogens with two attached hydrogens (primary N) is 1. The van der Waals surface area contributed by atoms with Gasteiger partial charge in [0.1, 0.15) is 4.90 Å². The van der Waals surface area contributed by atoms with E-state index in [4.69, 9.17) is 17.3 Å². The lowest BCUT2D eigenvalue weighted by Gasteiger charge is -2.11. The lowest BCUT2D eigenvalue weighted by atomic mass is 10.3. The zero-order valence-electron chi connectivity index (χ0n) is 9.35. The zero-order valence-corrected chi connectivity index (χ0v) is 10.9. The van der Waals surface area contributed by atoms with Crippen LogP contribution in [0.25, 0.3) is 0 Å². The van der Waals surface area contributed by atoms with E-state index in [9.17, 15) is 13.5 Å². The normalized spacial score (nSPS) is 13.6. The maximum atomic E-state index is 11.9. The second kappa shape index (κ2) is 5.68. The molecule has 1 atom stereocenters. The molecule has 17 heavy (non-hydrogen) atoms. The lowest BCUT2D eigenvalue weighted by molar-refractivity contribution is 0.174. The van der Waals surface area contributed by atoms with Crippen molar-refractivity contribution < 1.29 is 13.5 Å². The average Bonchev–Trinajstić information content (AvgIpc) is 2.29. The number of sulfonamides is 1. The van der Waals surface area contributed by atoms with Gasteiger partial charge < -0.3 is 10.8 Å². The largest absolute Gasteiger partial charge is 0.398 e. The van der Waals surface area contributed by atoms with E-state index in [1.807, 2.05) is 0 Å². The number of rotatable bonds is 5. The standard InChI is InChI=1S/C10H15ClN2O3S/c1-2-8(14)6-13-17(15,16)10-5-7(11)3-4-9(10)12/h3-5,8,13-14H,2,6,12H2,1H3. The second-order valence-electron chi connectivity index (χ2n) is 3.60. The Hall–Kier alpha value is -0.820. The summed E-state index contributed by atoms with van der Waals surface area (Å²) in [7, 11) is -3.74. The van der Waals surface area contributed by atoms with Crippen LogP contribution in [-0.2, 0) is 10.0 Å². The van der Waals surface area contributed by atoms with Crippen LogP contribution in [0.1, 0.15) is 13.3 Å². The van der Waals surface area contributed by atoms with Crippen molar-refractivity contribution in [3.8, 4) is 0 Å². The van der Waals surface area contributed by atoms with Gasteiger partial charge >= 0.3 is 0 Å². The Labute approximate surface area is 106 Å². The first kappa shape index (κ1) is 14.2. The fourth-order valence-electron chi connectivity index (χ4n) is 1.17. The maximum Gasteiger partial charge on any atom is 0.242 e. The van der Waals surface area contributed by atoms with Gasteiger partial charge in [-0.1, -0.05) is 18.5 Å². The molecule has 1 aromatic rings. The van der Waals surface area contributed by atoms with Crippen molar-refractivity contribution in [2.24, 2.45) is 0 Å². The number of hydrogen-bond acceptors (Lipinski definition) is 4. The smallest absolute Gasteiger partial charge is 0.242 e. The molecule has 0 radical (unpaired) electrons. The first-order valence-corrected chi connectivity index (χ1v) is 6.95. The summed E-state index contributed by atoms with van der Waals surface area (Å²) in [4.78, 5) is -0.0756. The Balaban J connectivity index is 2.93. The number of benzene rings is 1. The molecule has 0 aromatic heterocycles. The van der Waals surface area contributed by atoms with Gasteiger partial charge in [0.25, 0.3) is 0 Å². The number of nitrogen functional groups attached to an aromatic ring is 1. The lowest BCUT2D eigenvalue weighted by Crippen LogP contribution is -2.32. The molecule has 0 aliphatic heterocycles. The van der Waals surface area contributed by atoms with Gasteiger partial charge in [-0.05, 0) is 24.6 Å². The molecule has 0 aliphatic rings. The van der Waals surface area contributed by atoms with Gasteiger partial charge in [0.15, 0.2) is 0 Å². The first-order chi connectivity index (χ1) is 7.86. The molecule has 0 saturated heterocycles. The highest BCUT2D eigenvalue weighted by atomic mass is 35.5. The van der Waals surface area contributed by atoms with Crippen LogP contribution >= 0.6 is 11.6 Å². The van der Waals surface area contributed by atoms with E-state index in [1.54, 1.807) is 6.92 Å². The van der Waals surface area contributed by atoms with Crippen LogP contribution in [0.15, 0.2) is 23.1 Å². The van der Waals surface area contributed by atoms with Crippen molar-refractivity contribution in [3.05, 3.63) is 23.2 Å².